The lowest BCUT2D eigenvalue weighted by molar-refractivity contribution is -0.117. The highest BCUT2D eigenvalue weighted by Gasteiger charge is 2.30. The summed E-state index contributed by atoms with van der Waals surface area (Å²) in [5.41, 5.74) is 3.00. The molecule has 0 spiro atoms. The molecule has 0 fully saturated rings. The normalized spacial score (nSPS) is 17.8. The van der Waals surface area contributed by atoms with Crippen molar-refractivity contribution in [2.24, 2.45) is 11.8 Å². The molecule has 2 heterocycles. The van der Waals surface area contributed by atoms with E-state index < -0.39 is 0 Å². The van der Waals surface area contributed by atoms with E-state index >= 15 is 0 Å². The van der Waals surface area contributed by atoms with Gasteiger partial charge >= 0.3 is 11.9 Å². The average Bonchev–Trinajstić information content (AvgIpc) is 3.46. The largest absolute Gasteiger partial charge is 0.462 e. The molecule has 2 aromatic rings. The zero-order chi connectivity index (χ0) is 29.5. The molecule has 2 aliphatic carbocycles. The summed E-state index contributed by atoms with van der Waals surface area (Å²) in [5, 5.41) is 6.96. The van der Waals surface area contributed by atoms with E-state index in [2.05, 4.69) is 24.5 Å². The highest BCUT2D eigenvalue weighted by atomic mass is 32.1. The number of rotatable bonds is 12. The minimum atomic E-state index is -0.380. The number of carbonyl (C=O) groups excluding carboxylic acids is 4. The van der Waals surface area contributed by atoms with Crippen LogP contribution in [0.25, 0.3) is 0 Å². The van der Waals surface area contributed by atoms with E-state index in [1.54, 1.807) is 0 Å². The minimum absolute atomic E-state index is 0.139. The maximum Gasteiger partial charge on any atom is 0.341 e. The smallest absolute Gasteiger partial charge is 0.341 e. The second kappa shape index (κ2) is 14.4. The lowest BCUT2D eigenvalue weighted by Gasteiger charge is -2.18. The Morgan fingerprint density at radius 2 is 1.15 bits per heavy atom. The third-order valence-electron chi connectivity index (χ3n) is 7.62. The lowest BCUT2D eigenvalue weighted by Crippen LogP contribution is -2.18. The van der Waals surface area contributed by atoms with Gasteiger partial charge in [0.05, 0.1) is 24.3 Å². The molecule has 2 atom stereocenters. The molecule has 0 aliphatic heterocycles. The zero-order valence-electron chi connectivity index (χ0n) is 24.6. The number of ether oxygens (including phenoxy) is 2. The summed E-state index contributed by atoms with van der Waals surface area (Å²) in [7, 11) is 0. The van der Waals surface area contributed by atoms with Crippen molar-refractivity contribution in [2.75, 3.05) is 23.8 Å². The zero-order valence-corrected chi connectivity index (χ0v) is 26.2. The molecule has 0 aromatic carbocycles. The lowest BCUT2D eigenvalue weighted by atomic mass is 9.88. The van der Waals surface area contributed by atoms with Gasteiger partial charge in [-0.1, -0.05) is 27.7 Å². The number of nitrogens with one attached hydrogen (secondary N) is 2. The van der Waals surface area contributed by atoms with Crippen molar-refractivity contribution in [3.8, 4) is 0 Å². The second-order valence-corrected chi connectivity index (χ2v) is 13.5. The molecule has 41 heavy (non-hydrogen) atoms. The molecular weight excluding hydrogens is 560 g/mol. The predicted molar refractivity (Wildman–Crippen MR) is 163 cm³/mol. The van der Waals surface area contributed by atoms with E-state index in [1.807, 2.05) is 13.8 Å². The maximum atomic E-state index is 12.9. The molecule has 10 heteroatoms. The molecule has 0 unspecified atom stereocenters. The summed E-state index contributed by atoms with van der Waals surface area (Å²) < 4.78 is 10.9. The summed E-state index contributed by atoms with van der Waals surface area (Å²) >= 11 is 2.93. The van der Waals surface area contributed by atoms with Gasteiger partial charge < -0.3 is 20.1 Å². The Labute approximate surface area is 250 Å². The summed E-state index contributed by atoms with van der Waals surface area (Å²) in [5.74, 6) is -0.162. The van der Waals surface area contributed by atoms with Gasteiger partial charge in [0.2, 0.25) is 11.8 Å². The molecule has 0 radical (unpaired) electrons. The molecule has 0 saturated heterocycles. The first kappa shape index (κ1) is 31.2. The third kappa shape index (κ3) is 7.77. The van der Waals surface area contributed by atoms with Crippen molar-refractivity contribution in [1.82, 2.24) is 0 Å². The molecule has 0 saturated carbocycles. The van der Waals surface area contributed by atoms with Crippen molar-refractivity contribution < 1.29 is 28.7 Å². The van der Waals surface area contributed by atoms with Gasteiger partial charge in [0.25, 0.3) is 0 Å². The second-order valence-electron chi connectivity index (χ2n) is 11.3. The molecule has 0 bridgehead atoms. The predicted octanol–water partition coefficient (Wildman–Crippen LogP) is 6.94. The maximum absolute atomic E-state index is 12.9. The first-order valence-corrected chi connectivity index (χ1v) is 16.6. The van der Waals surface area contributed by atoms with Crippen LogP contribution in [0.5, 0.6) is 0 Å². The van der Waals surface area contributed by atoms with Crippen LogP contribution in [0.2, 0.25) is 0 Å². The molecule has 2 amide bonds. The van der Waals surface area contributed by atoms with E-state index in [4.69, 9.17) is 9.47 Å². The topological polar surface area (TPSA) is 111 Å². The van der Waals surface area contributed by atoms with E-state index in [0.29, 0.717) is 52.6 Å². The van der Waals surface area contributed by atoms with Crippen LogP contribution < -0.4 is 10.6 Å². The highest BCUT2D eigenvalue weighted by molar-refractivity contribution is 7.17. The number of anilines is 2. The number of fused-ring (bicyclic) bond motifs is 2. The van der Waals surface area contributed by atoms with E-state index in [1.165, 1.54) is 22.7 Å². The average molecular weight is 603 g/mol. The fourth-order valence-corrected chi connectivity index (χ4v) is 8.26. The Bertz CT molecular complexity index is 1180. The molecular formula is C31H42N2O6S2. The van der Waals surface area contributed by atoms with Crippen molar-refractivity contribution in [3.05, 3.63) is 32.0 Å². The fourth-order valence-electron chi connectivity index (χ4n) is 5.43. The standard InChI is InChI=1S/C31H42N2O6S2/c1-5-14-38-30(36)26-20-12-10-18(3)16-22(20)40-28(26)32-24(34)8-7-9-25(35)33-29-27(31(37)39-15-6-2)21-13-11-19(4)17-23(21)41-29/h18-19H,5-17H2,1-4H3,(H,32,34)(H,33,35)/t18-,19+. The summed E-state index contributed by atoms with van der Waals surface area (Å²) in [4.78, 5) is 53.8. The van der Waals surface area contributed by atoms with Crippen LogP contribution in [0.1, 0.15) is 114 Å². The van der Waals surface area contributed by atoms with Crippen LogP contribution in [0.3, 0.4) is 0 Å². The van der Waals surface area contributed by atoms with Crippen LogP contribution in [-0.4, -0.2) is 37.0 Å². The molecule has 224 valence electrons. The number of hydrogen-bond acceptors (Lipinski definition) is 8. The quantitative estimate of drug-likeness (QED) is 0.255. The van der Waals surface area contributed by atoms with Gasteiger partial charge in [-0.2, -0.15) is 0 Å². The van der Waals surface area contributed by atoms with Gasteiger partial charge in [-0.3, -0.25) is 9.59 Å². The monoisotopic (exact) mass is 602 g/mol. The molecule has 2 N–H and O–H groups in total. The fraction of sp³-hybridized carbons (Fsp3) is 0.613. The van der Waals surface area contributed by atoms with Gasteiger partial charge in [0.15, 0.2) is 0 Å². The minimum Gasteiger partial charge on any atom is -0.462 e. The summed E-state index contributed by atoms with van der Waals surface area (Å²) in [6.07, 6.45) is 7.48. The van der Waals surface area contributed by atoms with E-state index in [-0.39, 0.29) is 36.6 Å². The Morgan fingerprint density at radius 1 is 0.732 bits per heavy atom. The van der Waals surface area contributed by atoms with Crippen LogP contribution in [-0.2, 0) is 44.7 Å². The third-order valence-corrected chi connectivity index (χ3v) is 9.96. The summed E-state index contributed by atoms with van der Waals surface area (Å²) in [6, 6.07) is 0. The molecule has 8 nitrogen and oxygen atoms in total. The van der Waals surface area contributed by atoms with Gasteiger partial charge in [0, 0.05) is 22.6 Å². The van der Waals surface area contributed by atoms with E-state index in [9.17, 15) is 19.2 Å². The van der Waals surface area contributed by atoms with Crippen LogP contribution in [0, 0.1) is 11.8 Å². The first-order chi connectivity index (χ1) is 19.7. The van der Waals surface area contributed by atoms with E-state index in [0.717, 1.165) is 72.2 Å². The number of amides is 2. The first-order valence-electron chi connectivity index (χ1n) is 14.9. The van der Waals surface area contributed by atoms with Crippen LogP contribution in [0.4, 0.5) is 10.0 Å². The number of carbonyl (C=O) groups is 4. The van der Waals surface area contributed by atoms with Crippen molar-refractivity contribution in [1.29, 1.82) is 0 Å². The summed E-state index contributed by atoms with van der Waals surface area (Å²) in [6.45, 7) is 8.97. The molecule has 4 rings (SSSR count). The van der Waals surface area contributed by atoms with Crippen LogP contribution >= 0.6 is 22.7 Å². The van der Waals surface area contributed by atoms with Crippen molar-refractivity contribution >= 4 is 56.4 Å². The van der Waals surface area contributed by atoms with Gasteiger partial charge in [-0.05, 0) is 80.8 Å². The van der Waals surface area contributed by atoms with Gasteiger partial charge in [-0.25, -0.2) is 9.59 Å². The molecule has 2 aliphatic rings. The van der Waals surface area contributed by atoms with Gasteiger partial charge in [-0.15, -0.1) is 22.7 Å². The highest BCUT2D eigenvalue weighted by Crippen LogP contribution is 2.41. The Balaban J connectivity index is 1.37. The Hall–Kier alpha value is -2.72. The number of thiophene rings is 2. The van der Waals surface area contributed by atoms with Crippen molar-refractivity contribution in [3.63, 3.8) is 0 Å². The van der Waals surface area contributed by atoms with Gasteiger partial charge in [0.1, 0.15) is 10.0 Å². The number of esters is 2. The number of hydrogen-bond donors (Lipinski definition) is 2. The van der Waals surface area contributed by atoms with Crippen LogP contribution in [0.15, 0.2) is 0 Å². The SMILES string of the molecule is CCCOC(=O)c1c(NC(=O)CCCC(=O)Nc2sc3c(c2C(=O)OCCC)CC[C@H](C)C3)sc2c1CC[C@@H](C)C2. The Morgan fingerprint density at radius 3 is 1.54 bits per heavy atom. The van der Waals surface area contributed by atoms with Crippen molar-refractivity contribution in [2.45, 2.75) is 98.3 Å². The Kier molecular flexibility index (Phi) is 11.0. The molecule has 2 aromatic heterocycles.